The Balaban J connectivity index is 2.38. The number of amides is 1. The summed E-state index contributed by atoms with van der Waals surface area (Å²) in [7, 11) is 1.88. The number of hydrogen-bond donors (Lipinski definition) is 1. The van der Waals surface area contributed by atoms with Crippen molar-refractivity contribution < 1.29 is 9.53 Å². The van der Waals surface area contributed by atoms with Crippen molar-refractivity contribution in [1.82, 2.24) is 4.90 Å². The van der Waals surface area contributed by atoms with Crippen LogP contribution in [-0.4, -0.2) is 44.2 Å². The zero-order valence-electron chi connectivity index (χ0n) is 11.2. The summed E-state index contributed by atoms with van der Waals surface area (Å²) in [6.45, 7) is 5.01. The van der Waals surface area contributed by atoms with E-state index in [0.29, 0.717) is 12.5 Å². The molecule has 1 fully saturated rings. The smallest absolute Gasteiger partial charge is 0.226 e. The first-order chi connectivity index (χ1) is 8.19. The van der Waals surface area contributed by atoms with Gasteiger partial charge in [0.1, 0.15) is 0 Å². The largest absolute Gasteiger partial charge is 0.381 e. The van der Waals surface area contributed by atoms with Gasteiger partial charge in [0.15, 0.2) is 0 Å². The summed E-state index contributed by atoms with van der Waals surface area (Å²) in [5.74, 6) is 0.687. The predicted molar refractivity (Wildman–Crippen MR) is 68.6 cm³/mol. The predicted octanol–water partition coefficient (Wildman–Crippen LogP) is 1.25. The summed E-state index contributed by atoms with van der Waals surface area (Å²) < 4.78 is 5.43. The molecule has 1 aliphatic rings. The van der Waals surface area contributed by atoms with Crippen LogP contribution in [0.3, 0.4) is 0 Å². The summed E-state index contributed by atoms with van der Waals surface area (Å²) in [5, 5.41) is 0. The average molecular weight is 242 g/mol. The number of hydrogen-bond acceptors (Lipinski definition) is 3. The Bertz CT molecular complexity index is 227. The second kappa shape index (κ2) is 7.67. The first kappa shape index (κ1) is 14.5. The Morgan fingerprint density at radius 3 is 2.88 bits per heavy atom. The van der Waals surface area contributed by atoms with Crippen molar-refractivity contribution in [1.29, 1.82) is 0 Å². The number of carbonyl (C=O) groups is 1. The lowest BCUT2D eigenvalue weighted by Gasteiger charge is -2.29. The van der Waals surface area contributed by atoms with Gasteiger partial charge in [0.05, 0.1) is 12.5 Å². The Hall–Kier alpha value is -0.610. The number of carbonyl (C=O) groups excluding carboxylic acids is 1. The SMILES string of the molecule is CCCC(CN)C(=O)N(C)CC1CCCOC1. The fourth-order valence-electron chi connectivity index (χ4n) is 2.43. The van der Waals surface area contributed by atoms with E-state index >= 15 is 0 Å². The molecule has 2 atom stereocenters. The summed E-state index contributed by atoms with van der Waals surface area (Å²) in [5.41, 5.74) is 5.66. The van der Waals surface area contributed by atoms with E-state index in [9.17, 15) is 4.79 Å². The maximum atomic E-state index is 12.1. The second-order valence-electron chi connectivity index (χ2n) is 5.02. The van der Waals surface area contributed by atoms with Crippen LogP contribution in [0.15, 0.2) is 0 Å². The Labute approximate surface area is 104 Å². The van der Waals surface area contributed by atoms with E-state index in [-0.39, 0.29) is 11.8 Å². The molecule has 0 radical (unpaired) electrons. The zero-order chi connectivity index (χ0) is 12.7. The molecule has 4 heteroatoms. The molecule has 0 bridgehead atoms. The van der Waals surface area contributed by atoms with Gasteiger partial charge < -0.3 is 15.4 Å². The van der Waals surface area contributed by atoms with Gasteiger partial charge in [-0.3, -0.25) is 4.79 Å². The van der Waals surface area contributed by atoms with E-state index in [2.05, 4.69) is 6.92 Å². The highest BCUT2D eigenvalue weighted by molar-refractivity contribution is 5.78. The molecule has 1 amide bonds. The normalized spacial score (nSPS) is 22.2. The number of nitrogens with two attached hydrogens (primary N) is 1. The molecule has 1 aliphatic heterocycles. The van der Waals surface area contributed by atoms with Gasteiger partial charge in [-0.05, 0) is 25.2 Å². The van der Waals surface area contributed by atoms with Crippen LogP contribution in [0.2, 0.25) is 0 Å². The number of nitrogens with zero attached hydrogens (tertiary/aromatic N) is 1. The van der Waals surface area contributed by atoms with Crippen molar-refractivity contribution in [3.8, 4) is 0 Å². The van der Waals surface area contributed by atoms with Crippen LogP contribution in [0.5, 0.6) is 0 Å². The quantitative estimate of drug-likeness (QED) is 0.762. The highest BCUT2D eigenvalue weighted by Gasteiger charge is 2.23. The molecule has 0 aromatic carbocycles. The molecular weight excluding hydrogens is 216 g/mol. The van der Waals surface area contributed by atoms with Crippen LogP contribution in [0.4, 0.5) is 0 Å². The fourth-order valence-corrected chi connectivity index (χ4v) is 2.43. The van der Waals surface area contributed by atoms with Crippen LogP contribution in [0.1, 0.15) is 32.6 Å². The summed E-state index contributed by atoms with van der Waals surface area (Å²) >= 11 is 0. The summed E-state index contributed by atoms with van der Waals surface area (Å²) in [6.07, 6.45) is 4.18. The number of ether oxygens (including phenoxy) is 1. The third-order valence-corrected chi connectivity index (χ3v) is 3.43. The Morgan fingerprint density at radius 2 is 2.35 bits per heavy atom. The molecule has 1 heterocycles. The van der Waals surface area contributed by atoms with Crippen LogP contribution in [-0.2, 0) is 9.53 Å². The van der Waals surface area contributed by atoms with E-state index in [1.807, 2.05) is 11.9 Å². The first-order valence-corrected chi connectivity index (χ1v) is 6.71. The van der Waals surface area contributed by atoms with Crippen molar-refractivity contribution in [2.75, 3.05) is 33.4 Å². The van der Waals surface area contributed by atoms with Crippen LogP contribution in [0, 0.1) is 11.8 Å². The van der Waals surface area contributed by atoms with Gasteiger partial charge in [0, 0.05) is 26.7 Å². The minimum atomic E-state index is -0.00508. The minimum Gasteiger partial charge on any atom is -0.381 e. The maximum Gasteiger partial charge on any atom is 0.226 e. The zero-order valence-corrected chi connectivity index (χ0v) is 11.2. The lowest BCUT2D eigenvalue weighted by Crippen LogP contribution is -2.40. The second-order valence-corrected chi connectivity index (χ2v) is 5.02. The lowest BCUT2D eigenvalue weighted by molar-refractivity contribution is -0.135. The highest BCUT2D eigenvalue weighted by Crippen LogP contribution is 2.16. The molecule has 0 spiro atoms. The molecule has 2 N–H and O–H groups in total. The van der Waals surface area contributed by atoms with Crippen molar-refractivity contribution in [2.24, 2.45) is 17.6 Å². The molecule has 0 aliphatic carbocycles. The van der Waals surface area contributed by atoms with Crippen LogP contribution in [0.25, 0.3) is 0 Å². The first-order valence-electron chi connectivity index (χ1n) is 6.71. The van der Waals surface area contributed by atoms with Crippen molar-refractivity contribution in [3.05, 3.63) is 0 Å². The Kier molecular flexibility index (Phi) is 6.52. The average Bonchev–Trinajstić information content (AvgIpc) is 2.36. The van der Waals surface area contributed by atoms with Crippen molar-refractivity contribution >= 4 is 5.91 Å². The van der Waals surface area contributed by atoms with E-state index in [1.54, 1.807) is 0 Å². The van der Waals surface area contributed by atoms with Gasteiger partial charge in [-0.1, -0.05) is 13.3 Å². The molecule has 2 unspecified atom stereocenters. The van der Waals surface area contributed by atoms with E-state index < -0.39 is 0 Å². The molecule has 1 saturated heterocycles. The van der Waals surface area contributed by atoms with E-state index in [4.69, 9.17) is 10.5 Å². The molecule has 4 nitrogen and oxygen atoms in total. The minimum absolute atomic E-state index is 0.00508. The maximum absolute atomic E-state index is 12.1. The number of rotatable bonds is 6. The fraction of sp³-hybridized carbons (Fsp3) is 0.923. The molecule has 17 heavy (non-hydrogen) atoms. The molecule has 0 aromatic rings. The third-order valence-electron chi connectivity index (χ3n) is 3.43. The summed E-state index contributed by atoms with van der Waals surface area (Å²) in [6, 6.07) is 0. The molecule has 1 rings (SSSR count). The molecule has 0 saturated carbocycles. The van der Waals surface area contributed by atoms with Gasteiger partial charge in [0.25, 0.3) is 0 Å². The third kappa shape index (κ3) is 4.64. The van der Waals surface area contributed by atoms with Gasteiger partial charge in [-0.2, -0.15) is 0 Å². The standard InChI is InChI=1S/C13H26N2O2/c1-3-5-12(8-14)13(16)15(2)9-11-6-4-7-17-10-11/h11-12H,3-10,14H2,1-2H3. The monoisotopic (exact) mass is 242 g/mol. The molecule has 0 aromatic heterocycles. The van der Waals surface area contributed by atoms with Gasteiger partial charge >= 0.3 is 0 Å². The topological polar surface area (TPSA) is 55.6 Å². The van der Waals surface area contributed by atoms with Crippen LogP contribution < -0.4 is 5.73 Å². The molecule has 100 valence electrons. The van der Waals surface area contributed by atoms with Crippen molar-refractivity contribution in [3.63, 3.8) is 0 Å². The Morgan fingerprint density at radius 1 is 1.59 bits per heavy atom. The van der Waals surface area contributed by atoms with E-state index in [1.165, 1.54) is 6.42 Å². The van der Waals surface area contributed by atoms with Gasteiger partial charge in [-0.25, -0.2) is 0 Å². The summed E-state index contributed by atoms with van der Waals surface area (Å²) in [4.78, 5) is 14.0. The van der Waals surface area contributed by atoms with Gasteiger partial charge in [-0.15, -0.1) is 0 Å². The molecular formula is C13H26N2O2. The van der Waals surface area contributed by atoms with Gasteiger partial charge in [0.2, 0.25) is 5.91 Å². The van der Waals surface area contributed by atoms with Crippen molar-refractivity contribution in [2.45, 2.75) is 32.6 Å². The lowest BCUT2D eigenvalue weighted by atomic mass is 9.99. The van der Waals surface area contributed by atoms with E-state index in [0.717, 1.165) is 39.0 Å². The van der Waals surface area contributed by atoms with Crippen LogP contribution >= 0.6 is 0 Å². The highest BCUT2D eigenvalue weighted by atomic mass is 16.5.